The molecule has 2 aromatic carbocycles. The van der Waals surface area contributed by atoms with E-state index in [4.69, 9.17) is 0 Å². The van der Waals surface area contributed by atoms with Gasteiger partial charge in [0.05, 0.1) is 11.4 Å². The number of hydrogen-bond acceptors (Lipinski definition) is 2. The van der Waals surface area contributed by atoms with Crippen molar-refractivity contribution < 1.29 is 0 Å². The number of nitrogens with zero attached hydrogens (tertiary/aromatic N) is 1. The highest BCUT2D eigenvalue weighted by molar-refractivity contribution is 9.10. The molecule has 0 aliphatic rings. The lowest BCUT2D eigenvalue weighted by molar-refractivity contribution is 0.870. The van der Waals surface area contributed by atoms with Gasteiger partial charge in [-0.2, -0.15) is 0 Å². The zero-order chi connectivity index (χ0) is 15.6. The Hall–Kier alpha value is -1.48. The second-order valence-corrected chi connectivity index (χ2v) is 6.70. The monoisotopic (exact) mass is 346 g/mol. The van der Waals surface area contributed by atoms with E-state index in [-0.39, 0.29) is 6.04 Å². The van der Waals surface area contributed by atoms with Crippen molar-refractivity contribution >= 4 is 27.3 Å². The minimum atomic E-state index is 0.262. The molecule has 0 radical (unpaired) electrons. The van der Waals surface area contributed by atoms with E-state index in [2.05, 4.69) is 97.4 Å². The molecule has 3 heteroatoms. The molecular weight excluding hydrogens is 324 g/mol. The fourth-order valence-corrected chi connectivity index (χ4v) is 2.91. The third-order valence-corrected chi connectivity index (χ3v) is 4.21. The van der Waals surface area contributed by atoms with Gasteiger partial charge in [-0.05, 0) is 50.1 Å². The largest absolute Gasteiger partial charge is 0.377 e. The fourth-order valence-electron chi connectivity index (χ4n) is 2.55. The highest BCUT2D eigenvalue weighted by atomic mass is 79.9. The molecule has 0 amide bonds. The van der Waals surface area contributed by atoms with Crippen LogP contribution in [-0.2, 0) is 0 Å². The maximum Gasteiger partial charge on any atom is 0.0597 e. The van der Waals surface area contributed by atoms with Gasteiger partial charge in [0.15, 0.2) is 0 Å². The summed E-state index contributed by atoms with van der Waals surface area (Å²) < 4.78 is 1.09. The zero-order valence-electron chi connectivity index (χ0n) is 13.4. The second-order valence-electron chi connectivity index (χ2n) is 5.78. The van der Waals surface area contributed by atoms with Gasteiger partial charge in [-0.1, -0.05) is 39.7 Å². The summed E-state index contributed by atoms with van der Waals surface area (Å²) in [6, 6.07) is 13.2. The number of anilines is 2. The summed E-state index contributed by atoms with van der Waals surface area (Å²) in [6.45, 7) is 6.52. The zero-order valence-corrected chi connectivity index (χ0v) is 15.0. The van der Waals surface area contributed by atoms with Gasteiger partial charge in [0.2, 0.25) is 0 Å². The van der Waals surface area contributed by atoms with Gasteiger partial charge in [0.1, 0.15) is 0 Å². The molecular formula is C18H23BrN2. The molecule has 0 fully saturated rings. The van der Waals surface area contributed by atoms with Crippen molar-refractivity contribution in [1.29, 1.82) is 0 Å². The molecule has 1 unspecified atom stereocenters. The number of hydrogen-bond donors (Lipinski definition) is 1. The van der Waals surface area contributed by atoms with Crippen molar-refractivity contribution in [3.8, 4) is 0 Å². The summed E-state index contributed by atoms with van der Waals surface area (Å²) in [5, 5.41) is 3.65. The number of aryl methyl sites for hydroxylation is 2. The third kappa shape index (κ3) is 3.79. The van der Waals surface area contributed by atoms with E-state index in [0.29, 0.717) is 0 Å². The maximum absolute atomic E-state index is 3.65. The number of rotatable bonds is 4. The Labute approximate surface area is 136 Å². The van der Waals surface area contributed by atoms with Gasteiger partial charge in [0.25, 0.3) is 0 Å². The normalized spacial score (nSPS) is 12.1. The van der Waals surface area contributed by atoms with Crippen LogP contribution in [0.25, 0.3) is 0 Å². The molecule has 0 aliphatic heterocycles. The maximum atomic E-state index is 3.65. The van der Waals surface area contributed by atoms with Crippen molar-refractivity contribution in [2.24, 2.45) is 0 Å². The standard InChI is InChI=1S/C18H23BrN2/c1-12-6-7-13(2)16(10-12)14(3)20-17-11-15(19)8-9-18(17)21(4)5/h6-11,14,20H,1-5H3. The van der Waals surface area contributed by atoms with E-state index in [9.17, 15) is 0 Å². The van der Waals surface area contributed by atoms with Crippen LogP contribution >= 0.6 is 15.9 Å². The first-order valence-electron chi connectivity index (χ1n) is 7.19. The summed E-state index contributed by atoms with van der Waals surface area (Å²) in [4.78, 5) is 2.13. The van der Waals surface area contributed by atoms with Crippen LogP contribution in [0.2, 0.25) is 0 Å². The van der Waals surface area contributed by atoms with Gasteiger partial charge >= 0.3 is 0 Å². The van der Waals surface area contributed by atoms with Crippen molar-refractivity contribution in [2.45, 2.75) is 26.8 Å². The minimum absolute atomic E-state index is 0.262. The van der Waals surface area contributed by atoms with E-state index >= 15 is 0 Å². The molecule has 0 saturated carbocycles. The Morgan fingerprint density at radius 2 is 1.76 bits per heavy atom. The molecule has 1 atom stereocenters. The Morgan fingerprint density at radius 1 is 1.05 bits per heavy atom. The van der Waals surface area contributed by atoms with Crippen LogP contribution < -0.4 is 10.2 Å². The first-order chi connectivity index (χ1) is 9.88. The van der Waals surface area contributed by atoms with E-state index in [0.717, 1.165) is 10.2 Å². The topological polar surface area (TPSA) is 15.3 Å². The van der Waals surface area contributed by atoms with Crippen molar-refractivity contribution in [3.05, 3.63) is 57.6 Å². The third-order valence-electron chi connectivity index (χ3n) is 3.71. The van der Waals surface area contributed by atoms with E-state index in [1.165, 1.54) is 22.4 Å². The smallest absolute Gasteiger partial charge is 0.0597 e. The van der Waals surface area contributed by atoms with Crippen LogP contribution in [0.3, 0.4) is 0 Å². The Morgan fingerprint density at radius 3 is 2.43 bits per heavy atom. The minimum Gasteiger partial charge on any atom is -0.377 e. The van der Waals surface area contributed by atoms with Crippen molar-refractivity contribution in [2.75, 3.05) is 24.3 Å². The summed E-state index contributed by atoms with van der Waals surface area (Å²) in [6.07, 6.45) is 0. The number of nitrogens with one attached hydrogen (secondary N) is 1. The number of halogens is 1. The average molecular weight is 347 g/mol. The van der Waals surface area contributed by atoms with Crippen LogP contribution in [-0.4, -0.2) is 14.1 Å². The SMILES string of the molecule is Cc1ccc(C)c(C(C)Nc2cc(Br)ccc2N(C)C)c1. The molecule has 0 aliphatic carbocycles. The lowest BCUT2D eigenvalue weighted by Gasteiger charge is -2.23. The van der Waals surface area contributed by atoms with E-state index in [1.807, 2.05) is 0 Å². The van der Waals surface area contributed by atoms with Crippen molar-refractivity contribution in [3.63, 3.8) is 0 Å². The molecule has 0 saturated heterocycles. The quantitative estimate of drug-likeness (QED) is 0.807. The van der Waals surface area contributed by atoms with Crippen LogP contribution in [0, 0.1) is 13.8 Å². The van der Waals surface area contributed by atoms with Gasteiger partial charge in [0, 0.05) is 24.6 Å². The molecule has 0 bridgehead atoms. The molecule has 2 aromatic rings. The van der Waals surface area contributed by atoms with Crippen LogP contribution in [0.15, 0.2) is 40.9 Å². The molecule has 0 spiro atoms. The fraction of sp³-hybridized carbons (Fsp3) is 0.333. The van der Waals surface area contributed by atoms with E-state index in [1.54, 1.807) is 0 Å². The molecule has 2 rings (SSSR count). The van der Waals surface area contributed by atoms with Gasteiger partial charge in [-0.15, -0.1) is 0 Å². The van der Waals surface area contributed by atoms with E-state index < -0.39 is 0 Å². The molecule has 0 aromatic heterocycles. The predicted octanol–water partition coefficient (Wildman–Crippen LogP) is 5.31. The summed E-state index contributed by atoms with van der Waals surface area (Å²) >= 11 is 3.56. The Bertz CT molecular complexity index is 635. The Balaban J connectivity index is 2.33. The highest BCUT2D eigenvalue weighted by Gasteiger charge is 2.12. The number of benzene rings is 2. The first kappa shape index (κ1) is 15.9. The summed E-state index contributed by atoms with van der Waals surface area (Å²) in [5.74, 6) is 0. The predicted molar refractivity (Wildman–Crippen MR) is 96.4 cm³/mol. The van der Waals surface area contributed by atoms with Crippen molar-refractivity contribution in [1.82, 2.24) is 0 Å². The van der Waals surface area contributed by atoms with Gasteiger partial charge in [-0.25, -0.2) is 0 Å². The lowest BCUT2D eigenvalue weighted by Crippen LogP contribution is -2.14. The first-order valence-corrected chi connectivity index (χ1v) is 7.98. The summed E-state index contributed by atoms with van der Waals surface area (Å²) in [5.41, 5.74) is 6.30. The second kappa shape index (κ2) is 6.52. The van der Waals surface area contributed by atoms with Crippen LogP contribution in [0.4, 0.5) is 11.4 Å². The lowest BCUT2D eigenvalue weighted by atomic mass is 9.99. The van der Waals surface area contributed by atoms with Crippen LogP contribution in [0.1, 0.15) is 29.7 Å². The van der Waals surface area contributed by atoms with Gasteiger partial charge < -0.3 is 10.2 Å². The Kier molecular flexibility index (Phi) is 4.94. The molecule has 21 heavy (non-hydrogen) atoms. The van der Waals surface area contributed by atoms with Gasteiger partial charge in [-0.3, -0.25) is 0 Å². The molecule has 1 N–H and O–H groups in total. The average Bonchev–Trinajstić information content (AvgIpc) is 2.41. The highest BCUT2D eigenvalue weighted by Crippen LogP contribution is 2.32. The molecule has 0 heterocycles. The van der Waals surface area contributed by atoms with Crippen LogP contribution in [0.5, 0.6) is 0 Å². The molecule has 112 valence electrons. The molecule has 2 nitrogen and oxygen atoms in total. The summed E-state index contributed by atoms with van der Waals surface area (Å²) in [7, 11) is 4.13.